The summed E-state index contributed by atoms with van der Waals surface area (Å²) in [6.07, 6.45) is 0.414. The highest BCUT2D eigenvalue weighted by molar-refractivity contribution is 5.80. The number of aliphatic hydroxyl groups is 1. The number of hydrazone groups is 1. The van der Waals surface area contributed by atoms with Crippen LogP contribution in [-0.2, 0) is 20.6 Å². The lowest BCUT2D eigenvalue weighted by molar-refractivity contribution is 0.0938. The average Bonchev–Trinajstić information content (AvgIpc) is 3.24. The summed E-state index contributed by atoms with van der Waals surface area (Å²) >= 11 is 0. The number of benzene rings is 2. The quantitative estimate of drug-likeness (QED) is 0.266. The first kappa shape index (κ1) is 24.7. The predicted molar refractivity (Wildman–Crippen MR) is 132 cm³/mol. The number of imidazole rings is 1. The van der Waals surface area contributed by atoms with Gasteiger partial charge in [-0.15, -0.1) is 0 Å². The second-order valence-corrected chi connectivity index (χ2v) is 7.99. The first-order chi connectivity index (χ1) is 17.3. The smallest absolute Gasteiger partial charge is 0.332 e. The largest absolute Gasteiger partial charge is 0.497 e. The second kappa shape index (κ2) is 10.4. The molecule has 0 aliphatic rings. The van der Waals surface area contributed by atoms with Gasteiger partial charge in [0.25, 0.3) is 5.56 Å². The maximum Gasteiger partial charge on any atom is 0.332 e. The van der Waals surface area contributed by atoms with Gasteiger partial charge in [-0.25, -0.2) is 14.6 Å². The van der Waals surface area contributed by atoms with E-state index in [9.17, 15) is 19.1 Å². The number of aromatic nitrogens is 4. The highest BCUT2D eigenvalue weighted by Gasteiger charge is 2.21. The highest BCUT2D eigenvalue weighted by atomic mass is 19.1. The molecular weight excluding hydrogens is 471 g/mol. The Morgan fingerprint density at radius 1 is 1.08 bits per heavy atom. The molecule has 1 unspecified atom stereocenters. The number of hydrogen-bond acceptors (Lipinski definition) is 8. The van der Waals surface area contributed by atoms with Gasteiger partial charge >= 0.3 is 5.69 Å². The topological polar surface area (TPSA) is 125 Å². The summed E-state index contributed by atoms with van der Waals surface area (Å²) in [7, 11) is 4.42. The molecule has 2 aromatic carbocycles. The van der Waals surface area contributed by atoms with Crippen LogP contribution >= 0.6 is 0 Å². The molecule has 0 aliphatic carbocycles. The Labute approximate surface area is 204 Å². The van der Waals surface area contributed by atoms with Gasteiger partial charge in [-0.1, -0.05) is 12.1 Å². The molecule has 2 aromatic heterocycles. The molecule has 0 bridgehead atoms. The Morgan fingerprint density at radius 2 is 1.75 bits per heavy atom. The summed E-state index contributed by atoms with van der Waals surface area (Å²) in [5.74, 6) is 0.965. The number of methoxy groups -OCH3 is 1. The number of aliphatic hydroxyl groups excluding tert-OH is 1. The van der Waals surface area contributed by atoms with E-state index >= 15 is 0 Å². The van der Waals surface area contributed by atoms with Gasteiger partial charge in [-0.2, -0.15) is 10.1 Å². The summed E-state index contributed by atoms with van der Waals surface area (Å²) in [5.41, 5.74) is 2.51. The van der Waals surface area contributed by atoms with Gasteiger partial charge in [-0.05, 0) is 42.0 Å². The first-order valence-electron chi connectivity index (χ1n) is 10.9. The average molecular weight is 496 g/mol. The molecule has 2 heterocycles. The summed E-state index contributed by atoms with van der Waals surface area (Å²) in [6.45, 7) is -0.148. The van der Waals surface area contributed by atoms with E-state index in [4.69, 9.17) is 9.47 Å². The fourth-order valence-electron chi connectivity index (χ4n) is 3.55. The van der Waals surface area contributed by atoms with Gasteiger partial charge < -0.3 is 19.1 Å². The van der Waals surface area contributed by atoms with Crippen molar-refractivity contribution in [2.24, 2.45) is 19.2 Å². The Bertz CT molecular complexity index is 1510. The van der Waals surface area contributed by atoms with Crippen molar-refractivity contribution in [3.05, 3.63) is 80.7 Å². The molecule has 12 heteroatoms. The molecule has 0 saturated carbocycles. The number of hydrogen-bond donors (Lipinski definition) is 2. The predicted octanol–water partition coefficient (Wildman–Crippen LogP) is 1.47. The van der Waals surface area contributed by atoms with Crippen molar-refractivity contribution in [1.82, 2.24) is 18.7 Å². The molecule has 2 N–H and O–H groups in total. The third-order valence-corrected chi connectivity index (χ3v) is 5.49. The van der Waals surface area contributed by atoms with Crippen molar-refractivity contribution in [1.29, 1.82) is 0 Å². The molecule has 4 aromatic rings. The number of halogens is 1. The van der Waals surface area contributed by atoms with E-state index in [1.54, 1.807) is 43.5 Å². The monoisotopic (exact) mass is 496 g/mol. The van der Waals surface area contributed by atoms with Crippen LogP contribution in [-0.4, -0.2) is 49.8 Å². The zero-order chi connectivity index (χ0) is 25.8. The number of fused-ring (bicyclic) bond motifs is 1. The molecule has 1 atom stereocenters. The summed E-state index contributed by atoms with van der Waals surface area (Å²) in [4.78, 5) is 29.7. The van der Waals surface area contributed by atoms with Crippen molar-refractivity contribution in [2.45, 2.75) is 12.6 Å². The van der Waals surface area contributed by atoms with Gasteiger partial charge in [0.2, 0.25) is 5.95 Å². The van der Waals surface area contributed by atoms with Gasteiger partial charge in [0, 0.05) is 14.1 Å². The normalized spacial score (nSPS) is 12.2. The molecule has 0 amide bonds. The minimum atomic E-state index is -1.03. The number of nitrogens with zero attached hydrogens (tertiary/aromatic N) is 5. The van der Waals surface area contributed by atoms with Crippen molar-refractivity contribution in [3.63, 3.8) is 0 Å². The Kier molecular flexibility index (Phi) is 7.15. The van der Waals surface area contributed by atoms with E-state index in [1.807, 2.05) is 0 Å². The molecule has 4 rings (SSSR count). The molecule has 0 radical (unpaired) electrons. The first-order valence-corrected chi connectivity index (χ1v) is 10.9. The van der Waals surface area contributed by atoms with Crippen molar-refractivity contribution in [3.8, 4) is 11.5 Å². The van der Waals surface area contributed by atoms with E-state index in [0.29, 0.717) is 17.1 Å². The minimum absolute atomic E-state index is 0.0730. The van der Waals surface area contributed by atoms with Crippen molar-refractivity contribution >= 4 is 23.3 Å². The summed E-state index contributed by atoms with van der Waals surface area (Å²) < 4.78 is 27.6. The van der Waals surface area contributed by atoms with Crippen LogP contribution in [0.1, 0.15) is 5.56 Å². The number of rotatable bonds is 9. The lowest BCUT2D eigenvalue weighted by Crippen LogP contribution is -2.38. The molecule has 0 aliphatic heterocycles. The van der Waals surface area contributed by atoms with Crippen molar-refractivity contribution < 1.29 is 19.0 Å². The molecule has 11 nitrogen and oxygen atoms in total. The Balaban J connectivity index is 1.62. The molecule has 0 spiro atoms. The highest BCUT2D eigenvalue weighted by Crippen LogP contribution is 2.19. The SMILES string of the molecule is COc1ccc(OCC(O)Cn2c(NN=Cc3ccc(F)cc3)nc3c2c(=O)n(C)c(=O)n3C)cc1. The molecule has 0 fully saturated rings. The third kappa shape index (κ3) is 5.13. The van der Waals surface area contributed by atoms with Crippen LogP contribution in [0, 0.1) is 5.82 Å². The lowest BCUT2D eigenvalue weighted by atomic mass is 10.2. The minimum Gasteiger partial charge on any atom is -0.497 e. The fraction of sp³-hybridized carbons (Fsp3) is 0.250. The van der Waals surface area contributed by atoms with Crippen LogP contribution in [0.25, 0.3) is 11.2 Å². The zero-order valence-electron chi connectivity index (χ0n) is 19.9. The molecule has 188 valence electrons. The zero-order valence-corrected chi connectivity index (χ0v) is 19.9. The van der Waals surface area contributed by atoms with Gasteiger partial charge in [0.1, 0.15) is 30.0 Å². The van der Waals surface area contributed by atoms with Crippen LogP contribution in [0.3, 0.4) is 0 Å². The van der Waals surface area contributed by atoms with Crippen LogP contribution in [0.2, 0.25) is 0 Å². The van der Waals surface area contributed by atoms with Crippen LogP contribution in [0.15, 0.2) is 63.2 Å². The standard InChI is InChI=1S/C24H25FN6O5/c1-29-21-20(22(33)30(2)24(29)34)31(13-17(32)14-36-19-10-8-18(35-3)9-11-19)23(27-21)28-26-12-15-4-6-16(25)7-5-15/h4-12,17,32H,13-14H2,1-3H3,(H,27,28). The van der Waals surface area contributed by atoms with Crippen LogP contribution < -0.4 is 26.1 Å². The summed E-state index contributed by atoms with van der Waals surface area (Å²) in [6, 6.07) is 12.6. The number of ether oxygens (including phenoxy) is 2. The Morgan fingerprint density at radius 3 is 2.42 bits per heavy atom. The van der Waals surface area contributed by atoms with Crippen LogP contribution in [0.5, 0.6) is 11.5 Å². The fourth-order valence-corrected chi connectivity index (χ4v) is 3.55. The van der Waals surface area contributed by atoms with E-state index in [0.717, 1.165) is 4.57 Å². The Hall–Kier alpha value is -4.45. The third-order valence-electron chi connectivity index (χ3n) is 5.49. The van der Waals surface area contributed by atoms with E-state index in [1.165, 1.54) is 41.6 Å². The summed E-state index contributed by atoms with van der Waals surface area (Å²) in [5, 5.41) is 14.8. The second-order valence-electron chi connectivity index (χ2n) is 7.99. The van der Waals surface area contributed by atoms with Gasteiger partial charge in [0.05, 0.1) is 19.9 Å². The van der Waals surface area contributed by atoms with E-state index in [2.05, 4.69) is 15.5 Å². The van der Waals surface area contributed by atoms with Crippen molar-refractivity contribution in [2.75, 3.05) is 19.1 Å². The number of nitrogens with one attached hydrogen (secondary N) is 1. The van der Waals surface area contributed by atoms with E-state index in [-0.39, 0.29) is 36.1 Å². The molecule has 0 saturated heterocycles. The maximum atomic E-state index is 13.1. The van der Waals surface area contributed by atoms with E-state index < -0.39 is 17.4 Å². The van der Waals surface area contributed by atoms with Crippen LogP contribution in [0.4, 0.5) is 10.3 Å². The number of anilines is 1. The molecule has 36 heavy (non-hydrogen) atoms. The maximum absolute atomic E-state index is 13.1. The lowest BCUT2D eigenvalue weighted by Gasteiger charge is -2.15. The number of aryl methyl sites for hydroxylation is 1. The molecular formula is C24H25FN6O5. The van der Waals surface area contributed by atoms with Gasteiger partial charge in [-0.3, -0.25) is 13.9 Å². The van der Waals surface area contributed by atoms with Gasteiger partial charge in [0.15, 0.2) is 11.2 Å².